The van der Waals surface area contributed by atoms with Crippen molar-refractivity contribution in [3.05, 3.63) is 28.2 Å². The van der Waals surface area contributed by atoms with E-state index in [9.17, 15) is 4.79 Å². The van der Waals surface area contributed by atoms with Crippen LogP contribution in [0.5, 0.6) is 0 Å². The van der Waals surface area contributed by atoms with E-state index in [1.807, 2.05) is 45.9 Å². The molecule has 0 aromatic heterocycles. The quantitative estimate of drug-likeness (QED) is 0.868. The highest BCUT2D eigenvalue weighted by atomic mass is 79.9. The van der Waals surface area contributed by atoms with E-state index in [1.165, 1.54) is 5.56 Å². The molecular formula is C13H18BrNO2. The summed E-state index contributed by atoms with van der Waals surface area (Å²) in [7, 11) is 0. The van der Waals surface area contributed by atoms with Crippen molar-refractivity contribution in [3.8, 4) is 0 Å². The first-order chi connectivity index (χ1) is 7.78. The normalized spacial score (nSPS) is 11.1. The van der Waals surface area contributed by atoms with E-state index >= 15 is 0 Å². The SMILES string of the molecule is Cc1ccc(NCC(=O)OC(C)(C)C)c(Br)c1. The third-order valence-electron chi connectivity index (χ3n) is 1.97. The van der Waals surface area contributed by atoms with Crippen LogP contribution in [0.1, 0.15) is 26.3 Å². The monoisotopic (exact) mass is 299 g/mol. The summed E-state index contributed by atoms with van der Waals surface area (Å²) in [6, 6.07) is 5.92. The molecule has 0 aliphatic heterocycles. The number of anilines is 1. The molecule has 0 saturated carbocycles. The van der Waals surface area contributed by atoms with Crippen molar-refractivity contribution >= 4 is 27.6 Å². The van der Waals surface area contributed by atoms with Crippen LogP contribution >= 0.6 is 15.9 Å². The zero-order valence-corrected chi connectivity index (χ0v) is 12.2. The van der Waals surface area contributed by atoms with Crippen LogP contribution in [-0.4, -0.2) is 18.1 Å². The number of aryl methyl sites for hydroxylation is 1. The molecule has 0 unspecified atom stereocenters. The molecular weight excluding hydrogens is 282 g/mol. The third kappa shape index (κ3) is 5.22. The summed E-state index contributed by atoms with van der Waals surface area (Å²) >= 11 is 3.44. The van der Waals surface area contributed by atoms with E-state index in [0.717, 1.165) is 10.2 Å². The molecule has 0 atom stereocenters. The zero-order valence-electron chi connectivity index (χ0n) is 10.6. The highest BCUT2D eigenvalue weighted by molar-refractivity contribution is 9.10. The minimum atomic E-state index is -0.441. The van der Waals surface area contributed by atoms with Crippen molar-refractivity contribution in [3.63, 3.8) is 0 Å². The average molecular weight is 300 g/mol. The maximum Gasteiger partial charge on any atom is 0.325 e. The number of rotatable bonds is 3. The van der Waals surface area contributed by atoms with Crippen molar-refractivity contribution in [2.45, 2.75) is 33.3 Å². The Balaban J connectivity index is 2.53. The smallest absolute Gasteiger partial charge is 0.325 e. The van der Waals surface area contributed by atoms with E-state index in [2.05, 4.69) is 21.2 Å². The van der Waals surface area contributed by atoms with Crippen molar-refractivity contribution < 1.29 is 9.53 Å². The fourth-order valence-corrected chi connectivity index (χ4v) is 1.94. The average Bonchev–Trinajstić information content (AvgIpc) is 2.13. The third-order valence-corrected chi connectivity index (χ3v) is 2.62. The Morgan fingerprint density at radius 2 is 2.06 bits per heavy atom. The molecule has 3 nitrogen and oxygen atoms in total. The predicted octanol–water partition coefficient (Wildman–Crippen LogP) is 3.51. The standard InChI is InChI=1S/C13H18BrNO2/c1-9-5-6-11(10(14)7-9)15-8-12(16)17-13(2,3)4/h5-7,15H,8H2,1-4H3. The van der Waals surface area contributed by atoms with Gasteiger partial charge in [0.25, 0.3) is 0 Å². The lowest BCUT2D eigenvalue weighted by Crippen LogP contribution is -2.28. The van der Waals surface area contributed by atoms with Gasteiger partial charge in [-0.3, -0.25) is 4.79 Å². The molecule has 0 saturated heterocycles. The summed E-state index contributed by atoms with van der Waals surface area (Å²) in [6.45, 7) is 7.74. The number of halogens is 1. The van der Waals surface area contributed by atoms with E-state index in [-0.39, 0.29) is 12.5 Å². The van der Waals surface area contributed by atoms with Gasteiger partial charge in [0.1, 0.15) is 12.1 Å². The molecule has 0 radical (unpaired) electrons. The Labute approximate surface area is 111 Å². The zero-order chi connectivity index (χ0) is 13.1. The molecule has 1 N–H and O–H groups in total. The lowest BCUT2D eigenvalue weighted by molar-refractivity contribution is -0.152. The first-order valence-corrected chi connectivity index (χ1v) is 6.29. The maximum absolute atomic E-state index is 11.5. The number of hydrogen-bond acceptors (Lipinski definition) is 3. The number of hydrogen-bond donors (Lipinski definition) is 1. The van der Waals surface area contributed by atoms with Gasteiger partial charge in [0.15, 0.2) is 0 Å². The van der Waals surface area contributed by atoms with E-state index in [1.54, 1.807) is 0 Å². The number of ether oxygens (including phenoxy) is 1. The minimum absolute atomic E-state index is 0.166. The first kappa shape index (κ1) is 14.0. The minimum Gasteiger partial charge on any atom is -0.459 e. The Kier molecular flexibility index (Phi) is 4.57. The first-order valence-electron chi connectivity index (χ1n) is 5.50. The molecule has 94 valence electrons. The number of carbonyl (C=O) groups excluding carboxylic acids is 1. The molecule has 0 amide bonds. The molecule has 0 heterocycles. The lowest BCUT2D eigenvalue weighted by atomic mass is 10.2. The van der Waals surface area contributed by atoms with Crippen LogP contribution in [0.25, 0.3) is 0 Å². The Bertz CT molecular complexity index is 410. The molecule has 1 aromatic rings. The van der Waals surface area contributed by atoms with Crippen LogP contribution in [0.2, 0.25) is 0 Å². The highest BCUT2D eigenvalue weighted by Crippen LogP contribution is 2.23. The van der Waals surface area contributed by atoms with E-state index < -0.39 is 5.60 Å². The van der Waals surface area contributed by atoms with Crippen molar-refractivity contribution in [2.75, 3.05) is 11.9 Å². The van der Waals surface area contributed by atoms with Gasteiger partial charge in [0, 0.05) is 10.2 Å². The van der Waals surface area contributed by atoms with Crippen LogP contribution in [0.4, 0.5) is 5.69 Å². The number of carbonyl (C=O) groups is 1. The fraction of sp³-hybridized carbons (Fsp3) is 0.462. The van der Waals surface area contributed by atoms with Gasteiger partial charge in [0.05, 0.1) is 0 Å². The molecule has 17 heavy (non-hydrogen) atoms. The van der Waals surface area contributed by atoms with Crippen LogP contribution in [0.15, 0.2) is 22.7 Å². The fourth-order valence-electron chi connectivity index (χ4n) is 1.31. The second kappa shape index (κ2) is 5.54. The molecule has 0 aliphatic carbocycles. The summed E-state index contributed by atoms with van der Waals surface area (Å²) in [5, 5.41) is 3.04. The van der Waals surface area contributed by atoms with Gasteiger partial charge < -0.3 is 10.1 Å². The molecule has 1 aromatic carbocycles. The largest absolute Gasteiger partial charge is 0.459 e. The van der Waals surface area contributed by atoms with Crippen molar-refractivity contribution in [1.29, 1.82) is 0 Å². The molecule has 0 bridgehead atoms. The van der Waals surface area contributed by atoms with Crippen molar-refractivity contribution in [1.82, 2.24) is 0 Å². The van der Waals surface area contributed by atoms with E-state index in [0.29, 0.717) is 0 Å². The van der Waals surface area contributed by atoms with Crippen LogP contribution in [0.3, 0.4) is 0 Å². The molecule has 4 heteroatoms. The lowest BCUT2D eigenvalue weighted by Gasteiger charge is -2.20. The van der Waals surface area contributed by atoms with Gasteiger partial charge in [-0.2, -0.15) is 0 Å². The summed E-state index contributed by atoms with van der Waals surface area (Å²) in [5.74, 6) is -0.259. The summed E-state index contributed by atoms with van der Waals surface area (Å²) in [5.41, 5.74) is 1.62. The second-order valence-electron chi connectivity index (χ2n) is 4.92. The van der Waals surface area contributed by atoms with Crippen LogP contribution in [-0.2, 0) is 9.53 Å². The number of benzene rings is 1. The molecule has 0 fully saturated rings. The molecule has 0 aliphatic rings. The van der Waals surface area contributed by atoms with Crippen LogP contribution < -0.4 is 5.32 Å². The number of nitrogens with one attached hydrogen (secondary N) is 1. The van der Waals surface area contributed by atoms with Gasteiger partial charge >= 0.3 is 5.97 Å². The van der Waals surface area contributed by atoms with E-state index in [4.69, 9.17) is 4.74 Å². The summed E-state index contributed by atoms with van der Waals surface area (Å²) < 4.78 is 6.15. The summed E-state index contributed by atoms with van der Waals surface area (Å²) in [6.07, 6.45) is 0. The van der Waals surface area contributed by atoms with Gasteiger partial charge in [-0.1, -0.05) is 6.07 Å². The van der Waals surface area contributed by atoms with Gasteiger partial charge in [-0.05, 0) is 61.3 Å². The van der Waals surface area contributed by atoms with Gasteiger partial charge in [-0.15, -0.1) is 0 Å². The predicted molar refractivity (Wildman–Crippen MR) is 73.2 cm³/mol. The second-order valence-corrected chi connectivity index (χ2v) is 5.78. The Morgan fingerprint density at radius 1 is 1.41 bits per heavy atom. The highest BCUT2D eigenvalue weighted by Gasteiger charge is 2.15. The topological polar surface area (TPSA) is 38.3 Å². The van der Waals surface area contributed by atoms with Gasteiger partial charge in [-0.25, -0.2) is 0 Å². The van der Waals surface area contributed by atoms with Crippen LogP contribution in [0, 0.1) is 6.92 Å². The van der Waals surface area contributed by atoms with Crippen molar-refractivity contribution in [2.24, 2.45) is 0 Å². The maximum atomic E-state index is 11.5. The van der Waals surface area contributed by atoms with Gasteiger partial charge in [0.2, 0.25) is 0 Å². The number of esters is 1. The molecule has 1 rings (SSSR count). The Hall–Kier alpha value is -1.03. The summed E-state index contributed by atoms with van der Waals surface area (Å²) in [4.78, 5) is 11.5. The Morgan fingerprint density at radius 3 is 2.59 bits per heavy atom. The molecule has 0 spiro atoms.